The highest BCUT2D eigenvalue weighted by molar-refractivity contribution is 6.03. The third-order valence-electron chi connectivity index (χ3n) is 3.52. The number of furan rings is 1. The van der Waals surface area contributed by atoms with Crippen molar-refractivity contribution in [3.05, 3.63) is 60.4 Å². The third kappa shape index (κ3) is 2.44. The second-order valence-corrected chi connectivity index (χ2v) is 5.08. The van der Waals surface area contributed by atoms with Crippen molar-refractivity contribution in [3.8, 4) is 11.6 Å². The number of alkyl halides is 3. The van der Waals surface area contributed by atoms with Crippen molar-refractivity contribution < 1.29 is 22.3 Å². The Hall–Kier alpha value is -3.09. The SMILES string of the molecule is FC(F)(F)c1ccc(Oc2ncnc3c2oc2ccccc23)cc1. The van der Waals surface area contributed by atoms with E-state index in [4.69, 9.17) is 9.15 Å². The molecular formula is C17H9F3N2O2. The van der Waals surface area contributed by atoms with Crippen molar-refractivity contribution in [1.82, 2.24) is 9.97 Å². The van der Waals surface area contributed by atoms with Gasteiger partial charge in [-0.1, -0.05) is 12.1 Å². The van der Waals surface area contributed by atoms with Crippen LogP contribution in [0.25, 0.3) is 22.1 Å². The zero-order valence-corrected chi connectivity index (χ0v) is 12.0. The summed E-state index contributed by atoms with van der Waals surface area (Å²) in [5.74, 6) is 0.374. The van der Waals surface area contributed by atoms with Crippen molar-refractivity contribution in [3.63, 3.8) is 0 Å². The van der Waals surface area contributed by atoms with Gasteiger partial charge in [-0.25, -0.2) is 4.98 Å². The van der Waals surface area contributed by atoms with Crippen LogP contribution in [0, 0.1) is 0 Å². The van der Waals surface area contributed by atoms with E-state index in [2.05, 4.69) is 9.97 Å². The number of hydrogen-bond donors (Lipinski definition) is 0. The average molecular weight is 330 g/mol. The number of nitrogens with zero attached hydrogens (tertiary/aromatic N) is 2. The first-order chi connectivity index (χ1) is 11.5. The van der Waals surface area contributed by atoms with Crippen molar-refractivity contribution >= 4 is 22.1 Å². The standard InChI is InChI=1S/C17H9F3N2O2/c18-17(19,20)10-5-7-11(8-6-10)23-16-15-14(21-9-22-16)12-3-1-2-4-13(12)24-15/h1-9H. The van der Waals surface area contributed by atoms with E-state index in [0.29, 0.717) is 16.7 Å². The number of para-hydroxylation sites is 1. The Bertz CT molecular complexity index is 1020. The van der Waals surface area contributed by atoms with Crippen molar-refractivity contribution in [2.75, 3.05) is 0 Å². The second kappa shape index (κ2) is 5.23. The minimum absolute atomic E-state index is 0.149. The minimum atomic E-state index is -4.39. The number of aromatic nitrogens is 2. The van der Waals surface area contributed by atoms with Gasteiger partial charge in [0.15, 0.2) is 0 Å². The summed E-state index contributed by atoms with van der Waals surface area (Å²) in [5.41, 5.74) is 0.817. The molecule has 7 heteroatoms. The molecule has 0 N–H and O–H groups in total. The van der Waals surface area contributed by atoms with Crippen molar-refractivity contribution in [2.45, 2.75) is 6.18 Å². The second-order valence-electron chi connectivity index (χ2n) is 5.08. The van der Waals surface area contributed by atoms with Gasteiger partial charge in [-0.15, -0.1) is 0 Å². The van der Waals surface area contributed by atoms with Crippen molar-refractivity contribution in [2.24, 2.45) is 0 Å². The fraction of sp³-hybridized carbons (Fsp3) is 0.0588. The molecule has 120 valence electrons. The van der Waals surface area contributed by atoms with Crippen molar-refractivity contribution in [1.29, 1.82) is 0 Å². The molecule has 0 fully saturated rings. The molecule has 4 rings (SSSR count). The summed E-state index contributed by atoms with van der Waals surface area (Å²) in [7, 11) is 0. The summed E-state index contributed by atoms with van der Waals surface area (Å²) < 4.78 is 49.1. The fourth-order valence-electron chi connectivity index (χ4n) is 2.40. The van der Waals surface area contributed by atoms with Crippen LogP contribution in [0.5, 0.6) is 11.6 Å². The van der Waals surface area contributed by atoms with Gasteiger partial charge in [-0.2, -0.15) is 18.2 Å². The predicted molar refractivity (Wildman–Crippen MR) is 80.8 cm³/mol. The number of hydrogen-bond acceptors (Lipinski definition) is 4. The number of benzene rings is 2. The topological polar surface area (TPSA) is 48.2 Å². The van der Waals surface area contributed by atoms with Gasteiger partial charge in [0.25, 0.3) is 5.88 Å². The quantitative estimate of drug-likeness (QED) is 0.508. The molecule has 4 aromatic rings. The van der Waals surface area contributed by atoms with E-state index in [9.17, 15) is 13.2 Å². The van der Waals surface area contributed by atoms with Gasteiger partial charge in [0.1, 0.15) is 23.2 Å². The summed E-state index contributed by atoms with van der Waals surface area (Å²) in [5, 5.41) is 0.812. The molecule has 0 bridgehead atoms. The summed E-state index contributed by atoms with van der Waals surface area (Å²) in [6.07, 6.45) is -3.07. The lowest BCUT2D eigenvalue weighted by molar-refractivity contribution is -0.137. The lowest BCUT2D eigenvalue weighted by Crippen LogP contribution is -2.04. The Morgan fingerprint density at radius 1 is 0.917 bits per heavy atom. The van der Waals surface area contributed by atoms with E-state index in [-0.39, 0.29) is 11.6 Å². The van der Waals surface area contributed by atoms with E-state index in [1.807, 2.05) is 18.2 Å². The summed E-state index contributed by atoms with van der Waals surface area (Å²) >= 11 is 0. The summed E-state index contributed by atoms with van der Waals surface area (Å²) in [4.78, 5) is 8.20. The minimum Gasteiger partial charge on any atom is -0.449 e. The van der Waals surface area contributed by atoms with E-state index in [1.54, 1.807) is 6.07 Å². The molecule has 0 spiro atoms. The molecule has 2 heterocycles. The van der Waals surface area contributed by atoms with Gasteiger partial charge >= 0.3 is 6.18 Å². The van der Waals surface area contributed by atoms with Gasteiger partial charge < -0.3 is 9.15 Å². The largest absolute Gasteiger partial charge is 0.449 e. The van der Waals surface area contributed by atoms with Crippen LogP contribution < -0.4 is 4.74 Å². The normalized spacial score (nSPS) is 12.0. The summed E-state index contributed by atoms with van der Waals surface area (Å²) in [6.45, 7) is 0. The van der Waals surface area contributed by atoms with Crippen LogP contribution in [0.4, 0.5) is 13.2 Å². The third-order valence-corrected chi connectivity index (χ3v) is 3.52. The smallest absolute Gasteiger partial charge is 0.416 e. The molecule has 0 atom stereocenters. The number of fused-ring (bicyclic) bond motifs is 3. The Balaban J connectivity index is 1.74. The lowest BCUT2D eigenvalue weighted by Gasteiger charge is -2.08. The van der Waals surface area contributed by atoms with Gasteiger partial charge in [0.2, 0.25) is 5.58 Å². The lowest BCUT2D eigenvalue weighted by atomic mass is 10.2. The zero-order valence-electron chi connectivity index (χ0n) is 12.0. The zero-order chi connectivity index (χ0) is 16.7. The maximum atomic E-state index is 12.6. The van der Waals surface area contributed by atoms with E-state index in [1.165, 1.54) is 18.5 Å². The maximum absolute atomic E-state index is 12.6. The highest BCUT2D eigenvalue weighted by Crippen LogP contribution is 2.35. The molecule has 2 aromatic carbocycles. The van der Waals surface area contributed by atoms with Crippen LogP contribution in [0.1, 0.15) is 5.56 Å². The van der Waals surface area contributed by atoms with Crippen LogP contribution >= 0.6 is 0 Å². The predicted octanol–water partition coefficient (Wildman–Crippen LogP) is 5.19. The highest BCUT2D eigenvalue weighted by Gasteiger charge is 2.30. The molecule has 0 saturated heterocycles. The fourth-order valence-corrected chi connectivity index (χ4v) is 2.40. The van der Waals surface area contributed by atoms with Crippen LogP contribution in [0.2, 0.25) is 0 Å². The average Bonchev–Trinajstić information content (AvgIpc) is 2.94. The first-order valence-corrected chi connectivity index (χ1v) is 7.00. The molecule has 0 unspecified atom stereocenters. The number of rotatable bonds is 2. The molecule has 0 amide bonds. The molecule has 0 radical (unpaired) electrons. The van der Waals surface area contributed by atoms with E-state index < -0.39 is 11.7 Å². The maximum Gasteiger partial charge on any atom is 0.416 e. The Kier molecular flexibility index (Phi) is 3.16. The highest BCUT2D eigenvalue weighted by atomic mass is 19.4. The molecule has 24 heavy (non-hydrogen) atoms. The number of halogens is 3. The monoisotopic (exact) mass is 330 g/mol. The number of ether oxygens (including phenoxy) is 1. The molecule has 0 saturated carbocycles. The molecule has 0 aliphatic rings. The van der Waals surface area contributed by atoms with Gasteiger partial charge in [-0.05, 0) is 36.4 Å². The van der Waals surface area contributed by atoms with Crippen LogP contribution in [-0.4, -0.2) is 9.97 Å². The molecular weight excluding hydrogens is 321 g/mol. The van der Waals surface area contributed by atoms with Crippen LogP contribution in [0.15, 0.2) is 59.3 Å². The molecule has 0 aliphatic heterocycles. The molecule has 0 aliphatic carbocycles. The van der Waals surface area contributed by atoms with E-state index >= 15 is 0 Å². The van der Waals surface area contributed by atoms with Crippen LogP contribution in [0.3, 0.4) is 0 Å². The first-order valence-electron chi connectivity index (χ1n) is 7.00. The Labute approximate surface area is 133 Å². The molecule has 2 aromatic heterocycles. The molecule has 4 nitrogen and oxygen atoms in total. The van der Waals surface area contributed by atoms with Crippen LogP contribution in [-0.2, 0) is 6.18 Å². The summed E-state index contributed by atoms with van der Waals surface area (Å²) in [6, 6.07) is 11.7. The van der Waals surface area contributed by atoms with Gasteiger partial charge in [0.05, 0.1) is 5.56 Å². The Morgan fingerprint density at radius 2 is 1.67 bits per heavy atom. The van der Waals surface area contributed by atoms with Gasteiger partial charge in [0, 0.05) is 5.39 Å². The first kappa shape index (κ1) is 14.5. The van der Waals surface area contributed by atoms with E-state index in [0.717, 1.165) is 17.5 Å². The van der Waals surface area contributed by atoms with Gasteiger partial charge in [-0.3, -0.25) is 0 Å². The Morgan fingerprint density at radius 3 is 2.42 bits per heavy atom.